The van der Waals surface area contributed by atoms with E-state index in [0.717, 1.165) is 10.2 Å². The van der Waals surface area contributed by atoms with Crippen molar-refractivity contribution in [3.63, 3.8) is 0 Å². The van der Waals surface area contributed by atoms with Crippen molar-refractivity contribution >= 4 is 54.3 Å². The third kappa shape index (κ3) is 4.80. The Balaban J connectivity index is 2.09. The fourth-order valence-electron chi connectivity index (χ4n) is 3.47. The molecule has 3 atom stereocenters. The Labute approximate surface area is 190 Å². The molecular weight excluding hydrogens is 492 g/mol. The maximum Gasteiger partial charge on any atom is 0.250 e. The number of halogens is 1. The van der Waals surface area contributed by atoms with E-state index in [0.29, 0.717) is 36.3 Å². The second-order valence-electron chi connectivity index (χ2n) is 7.33. The highest BCUT2D eigenvalue weighted by atomic mass is 79.9. The molecule has 7 nitrogen and oxygen atoms in total. The van der Waals surface area contributed by atoms with Gasteiger partial charge in [0.15, 0.2) is 26.5 Å². The molecule has 166 valence electrons. The van der Waals surface area contributed by atoms with Gasteiger partial charge in [0, 0.05) is 27.8 Å². The van der Waals surface area contributed by atoms with Crippen LogP contribution >= 0.6 is 27.7 Å². The number of hydrogen-bond acceptors (Lipinski definition) is 6. The number of rotatable bonds is 7. The number of hydrogen-bond donors (Lipinski definition) is 0. The lowest BCUT2D eigenvalue weighted by molar-refractivity contribution is -0.121. The maximum atomic E-state index is 12.5. The first-order valence-corrected chi connectivity index (χ1v) is 13.6. The molecule has 3 unspecified atom stereocenters. The second kappa shape index (κ2) is 9.48. The number of amides is 1. The first-order valence-electron chi connectivity index (χ1n) is 10.1. The summed E-state index contributed by atoms with van der Waals surface area (Å²) in [6.45, 7) is 8.53. The van der Waals surface area contributed by atoms with Crippen molar-refractivity contribution in [1.82, 2.24) is 0 Å². The topological polar surface area (TPSA) is 85.3 Å². The highest BCUT2D eigenvalue weighted by Crippen LogP contribution is 2.46. The molecule has 2 fully saturated rings. The minimum atomic E-state index is -3.14. The van der Waals surface area contributed by atoms with Crippen LogP contribution in [0.4, 0.5) is 5.69 Å². The minimum absolute atomic E-state index is 0.0326. The summed E-state index contributed by atoms with van der Waals surface area (Å²) in [7, 11) is -3.14. The number of aliphatic imine (C=N–C) groups is 1. The SMILES string of the molecule is CCOc1cc(Br)c(N2C(=NC(=O)C(C)CC)SC3CS(=O)(=O)CC32)cc1OCC. The largest absolute Gasteiger partial charge is 0.490 e. The predicted molar refractivity (Wildman–Crippen MR) is 125 cm³/mol. The van der Waals surface area contributed by atoms with E-state index in [9.17, 15) is 13.2 Å². The van der Waals surface area contributed by atoms with E-state index < -0.39 is 9.84 Å². The van der Waals surface area contributed by atoms with Gasteiger partial charge in [-0.15, -0.1) is 0 Å². The molecule has 0 radical (unpaired) electrons. The van der Waals surface area contributed by atoms with Crippen molar-refractivity contribution in [1.29, 1.82) is 0 Å². The van der Waals surface area contributed by atoms with Gasteiger partial charge in [-0.2, -0.15) is 4.99 Å². The fraction of sp³-hybridized carbons (Fsp3) is 0.600. The lowest BCUT2D eigenvalue weighted by Gasteiger charge is -2.27. The van der Waals surface area contributed by atoms with E-state index in [4.69, 9.17) is 9.47 Å². The second-order valence-corrected chi connectivity index (χ2v) is 11.5. The number of anilines is 1. The first kappa shape index (κ1) is 23.4. The fourth-order valence-corrected chi connectivity index (χ4v) is 7.90. The van der Waals surface area contributed by atoms with Gasteiger partial charge in [-0.25, -0.2) is 8.42 Å². The molecular formula is C20H27BrN2O5S2. The molecule has 2 aliphatic rings. The van der Waals surface area contributed by atoms with Gasteiger partial charge in [-0.1, -0.05) is 25.6 Å². The molecule has 1 aromatic carbocycles. The molecule has 1 aromatic rings. The summed E-state index contributed by atoms with van der Waals surface area (Å²) in [5.74, 6) is 0.908. The van der Waals surface area contributed by atoms with E-state index >= 15 is 0 Å². The van der Waals surface area contributed by atoms with Crippen LogP contribution in [0, 0.1) is 5.92 Å². The van der Waals surface area contributed by atoms with Crippen molar-refractivity contribution in [3.8, 4) is 11.5 Å². The van der Waals surface area contributed by atoms with E-state index in [-0.39, 0.29) is 34.6 Å². The number of thioether (sulfide) groups is 1. The Morgan fingerprint density at radius 3 is 2.47 bits per heavy atom. The van der Waals surface area contributed by atoms with Crippen LogP contribution in [-0.4, -0.2) is 55.5 Å². The first-order chi connectivity index (χ1) is 14.2. The number of amidine groups is 1. The summed E-state index contributed by atoms with van der Waals surface area (Å²) in [4.78, 5) is 18.8. The molecule has 0 aliphatic carbocycles. The molecule has 3 rings (SSSR count). The molecule has 0 N–H and O–H groups in total. The van der Waals surface area contributed by atoms with Gasteiger partial charge in [0.2, 0.25) is 0 Å². The average molecular weight is 519 g/mol. The maximum absolute atomic E-state index is 12.5. The van der Waals surface area contributed by atoms with Crippen LogP contribution in [0.1, 0.15) is 34.1 Å². The van der Waals surface area contributed by atoms with Gasteiger partial charge in [0.25, 0.3) is 5.91 Å². The van der Waals surface area contributed by atoms with Crippen molar-refractivity contribution in [2.45, 2.75) is 45.4 Å². The number of fused-ring (bicyclic) bond motifs is 1. The molecule has 2 aliphatic heterocycles. The van der Waals surface area contributed by atoms with Crippen molar-refractivity contribution < 1.29 is 22.7 Å². The Bertz CT molecular complexity index is 951. The zero-order valence-electron chi connectivity index (χ0n) is 17.6. The molecule has 0 bridgehead atoms. The average Bonchev–Trinajstić information content (AvgIpc) is 3.14. The predicted octanol–water partition coefficient (Wildman–Crippen LogP) is 3.89. The molecule has 30 heavy (non-hydrogen) atoms. The molecule has 2 heterocycles. The van der Waals surface area contributed by atoms with Gasteiger partial charge in [0.05, 0.1) is 36.4 Å². The Morgan fingerprint density at radius 1 is 1.23 bits per heavy atom. The molecule has 10 heteroatoms. The molecule has 0 saturated carbocycles. The van der Waals surface area contributed by atoms with Gasteiger partial charge in [-0.3, -0.25) is 4.79 Å². The van der Waals surface area contributed by atoms with Crippen LogP contribution in [0.2, 0.25) is 0 Å². The number of nitrogens with zero attached hydrogens (tertiary/aromatic N) is 2. The summed E-state index contributed by atoms with van der Waals surface area (Å²) in [6.07, 6.45) is 0.697. The Kier molecular flexibility index (Phi) is 7.40. The van der Waals surface area contributed by atoms with Crippen molar-refractivity contribution in [2.75, 3.05) is 29.6 Å². The summed E-state index contributed by atoms with van der Waals surface area (Å²) in [6, 6.07) is 3.36. The molecule has 2 saturated heterocycles. The molecule has 0 spiro atoms. The number of benzene rings is 1. The third-order valence-corrected chi connectivity index (χ3v) is 9.02. The number of ether oxygens (including phenoxy) is 2. The van der Waals surface area contributed by atoms with E-state index in [1.54, 1.807) is 0 Å². The summed E-state index contributed by atoms with van der Waals surface area (Å²) < 4.78 is 36.8. The minimum Gasteiger partial charge on any atom is -0.490 e. The monoisotopic (exact) mass is 518 g/mol. The lowest BCUT2D eigenvalue weighted by atomic mass is 10.1. The zero-order chi connectivity index (χ0) is 22.1. The van der Waals surface area contributed by atoms with Gasteiger partial charge >= 0.3 is 0 Å². The third-order valence-electron chi connectivity index (χ3n) is 5.18. The van der Waals surface area contributed by atoms with Crippen LogP contribution in [0.15, 0.2) is 21.6 Å². The summed E-state index contributed by atoms with van der Waals surface area (Å²) in [5, 5.41) is 0.380. The smallest absolute Gasteiger partial charge is 0.250 e. The van der Waals surface area contributed by atoms with Crippen LogP contribution in [0.25, 0.3) is 0 Å². The normalized spacial score (nSPS) is 24.7. The van der Waals surface area contributed by atoms with Crippen LogP contribution < -0.4 is 14.4 Å². The summed E-state index contributed by atoms with van der Waals surface area (Å²) >= 11 is 4.97. The number of sulfone groups is 1. The van der Waals surface area contributed by atoms with Crippen LogP contribution in [0.5, 0.6) is 11.5 Å². The van der Waals surface area contributed by atoms with Gasteiger partial charge in [0.1, 0.15) is 0 Å². The Morgan fingerprint density at radius 2 is 1.87 bits per heavy atom. The van der Waals surface area contributed by atoms with Gasteiger partial charge in [-0.05, 0) is 36.2 Å². The number of carbonyl (C=O) groups is 1. The summed E-state index contributed by atoms with van der Waals surface area (Å²) in [5.41, 5.74) is 0.717. The van der Waals surface area contributed by atoms with Crippen molar-refractivity contribution in [3.05, 3.63) is 16.6 Å². The van der Waals surface area contributed by atoms with Crippen LogP contribution in [0.3, 0.4) is 0 Å². The number of carbonyl (C=O) groups excluding carboxylic acids is 1. The van der Waals surface area contributed by atoms with E-state index in [2.05, 4.69) is 20.9 Å². The Hall–Kier alpha value is -1.26. The van der Waals surface area contributed by atoms with E-state index in [1.807, 2.05) is 44.7 Å². The molecule has 1 amide bonds. The van der Waals surface area contributed by atoms with Crippen LogP contribution in [-0.2, 0) is 14.6 Å². The van der Waals surface area contributed by atoms with Crippen molar-refractivity contribution in [2.24, 2.45) is 10.9 Å². The highest BCUT2D eigenvalue weighted by molar-refractivity contribution is 9.10. The van der Waals surface area contributed by atoms with E-state index in [1.165, 1.54) is 11.8 Å². The standard InChI is InChI=1S/C20H27BrN2O5S2/c1-5-12(4)19(24)22-20-23(15-10-30(25,26)11-18(15)29-20)14-9-17(28-7-3)16(27-6-2)8-13(14)21/h8-9,12,15,18H,5-7,10-11H2,1-4H3. The quantitative estimate of drug-likeness (QED) is 0.540. The lowest BCUT2D eigenvalue weighted by Crippen LogP contribution is -2.38. The molecule has 0 aromatic heterocycles. The zero-order valence-corrected chi connectivity index (χ0v) is 20.8. The highest BCUT2D eigenvalue weighted by Gasteiger charge is 2.50. The van der Waals surface area contributed by atoms with Gasteiger partial charge < -0.3 is 14.4 Å².